The number of nitrogens with two attached hydrogens (primary N) is 1. The summed E-state index contributed by atoms with van der Waals surface area (Å²) in [6.07, 6.45) is 3.34. The molecule has 2 heterocycles. The summed E-state index contributed by atoms with van der Waals surface area (Å²) in [7, 11) is -3.53. The van der Waals surface area contributed by atoms with Gasteiger partial charge in [-0.3, -0.25) is 4.79 Å². The second-order valence-corrected chi connectivity index (χ2v) is 9.48. The van der Waals surface area contributed by atoms with Crippen LogP contribution in [0.15, 0.2) is 35.2 Å². The first-order valence-electron chi connectivity index (χ1n) is 9.49. The maximum Gasteiger partial charge on any atom is 0.243 e. The van der Waals surface area contributed by atoms with E-state index in [4.69, 9.17) is 5.73 Å². The van der Waals surface area contributed by atoms with Gasteiger partial charge in [-0.15, -0.1) is 12.4 Å². The minimum Gasteiger partial charge on any atom is -0.342 e. The molecular formula is C19H30ClN3O3S. The molecule has 0 bridgehead atoms. The van der Waals surface area contributed by atoms with Crippen LogP contribution < -0.4 is 5.73 Å². The molecule has 2 fully saturated rings. The molecular weight excluding hydrogens is 386 g/mol. The average molecular weight is 416 g/mol. The van der Waals surface area contributed by atoms with Gasteiger partial charge < -0.3 is 10.6 Å². The molecule has 0 aromatic heterocycles. The van der Waals surface area contributed by atoms with Crippen LogP contribution in [0.3, 0.4) is 0 Å². The summed E-state index contributed by atoms with van der Waals surface area (Å²) in [6.45, 7) is 4.24. The van der Waals surface area contributed by atoms with Crippen LogP contribution in [0.25, 0.3) is 0 Å². The van der Waals surface area contributed by atoms with Crippen molar-refractivity contribution in [2.45, 2.75) is 43.5 Å². The molecule has 2 unspecified atom stereocenters. The van der Waals surface area contributed by atoms with E-state index in [-0.39, 0.29) is 36.8 Å². The smallest absolute Gasteiger partial charge is 0.243 e. The van der Waals surface area contributed by atoms with Crippen LogP contribution in [0.5, 0.6) is 0 Å². The Morgan fingerprint density at radius 2 is 1.74 bits per heavy atom. The highest BCUT2D eigenvalue weighted by molar-refractivity contribution is 7.89. The lowest BCUT2D eigenvalue weighted by Gasteiger charge is -2.38. The molecule has 2 atom stereocenters. The highest BCUT2D eigenvalue weighted by Gasteiger charge is 2.36. The summed E-state index contributed by atoms with van der Waals surface area (Å²) in [5.41, 5.74) is 5.98. The van der Waals surface area contributed by atoms with Crippen molar-refractivity contribution in [3.63, 3.8) is 0 Å². The third kappa shape index (κ3) is 5.02. The molecule has 0 saturated carbocycles. The maximum atomic E-state index is 12.9. The SMILES string of the molecule is CC(N)C1CCN(C(=O)C2CCCN(S(=O)(=O)c3ccccc3)C2)CC1.Cl. The molecule has 2 aliphatic heterocycles. The van der Waals surface area contributed by atoms with E-state index in [1.54, 1.807) is 30.3 Å². The average Bonchev–Trinajstić information content (AvgIpc) is 2.68. The monoisotopic (exact) mass is 415 g/mol. The van der Waals surface area contributed by atoms with E-state index in [9.17, 15) is 13.2 Å². The Kier molecular flexibility index (Phi) is 7.68. The molecule has 1 amide bonds. The van der Waals surface area contributed by atoms with Crippen LogP contribution in [0.1, 0.15) is 32.6 Å². The Labute approximate surface area is 168 Å². The van der Waals surface area contributed by atoms with Gasteiger partial charge in [-0.25, -0.2) is 8.42 Å². The summed E-state index contributed by atoms with van der Waals surface area (Å²) in [5.74, 6) is 0.329. The number of carbonyl (C=O) groups excluding carboxylic acids is 1. The molecule has 2 N–H and O–H groups in total. The molecule has 0 aliphatic carbocycles. The number of hydrogen-bond acceptors (Lipinski definition) is 4. The molecule has 2 aliphatic rings. The number of nitrogens with zero attached hydrogens (tertiary/aromatic N) is 2. The zero-order valence-corrected chi connectivity index (χ0v) is 17.4. The lowest BCUT2D eigenvalue weighted by atomic mass is 9.89. The van der Waals surface area contributed by atoms with Crippen LogP contribution in [0, 0.1) is 11.8 Å². The van der Waals surface area contributed by atoms with Gasteiger partial charge in [0.1, 0.15) is 0 Å². The van der Waals surface area contributed by atoms with Crippen molar-refractivity contribution in [3.05, 3.63) is 30.3 Å². The first-order chi connectivity index (χ1) is 12.4. The number of hydrogen-bond donors (Lipinski definition) is 1. The van der Waals surface area contributed by atoms with Crippen LogP contribution >= 0.6 is 12.4 Å². The Bertz CT molecular complexity index is 719. The van der Waals surface area contributed by atoms with E-state index in [2.05, 4.69) is 0 Å². The van der Waals surface area contributed by atoms with E-state index in [1.165, 1.54) is 4.31 Å². The van der Waals surface area contributed by atoms with Gasteiger partial charge in [-0.2, -0.15) is 4.31 Å². The van der Waals surface area contributed by atoms with Crippen LogP contribution in [0.4, 0.5) is 0 Å². The van der Waals surface area contributed by atoms with Crippen LogP contribution in [-0.2, 0) is 14.8 Å². The normalized spacial score (nSPS) is 23.5. The lowest BCUT2D eigenvalue weighted by Crippen LogP contribution is -2.49. The Morgan fingerprint density at radius 3 is 2.33 bits per heavy atom. The van der Waals surface area contributed by atoms with Crippen molar-refractivity contribution >= 4 is 28.3 Å². The molecule has 0 spiro atoms. The highest BCUT2D eigenvalue weighted by Crippen LogP contribution is 2.27. The second-order valence-electron chi connectivity index (χ2n) is 7.54. The van der Waals surface area contributed by atoms with Crippen molar-refractivity contribution in [2.24, 2.45) is 17.6 Å². The number of amides is 1. The van der Waals surface area contributed by atoms with Crippen molar-refractivity contribution in [1.29, 1.82) is 0 Å². The number of halogens is 1. The van der Waals surface area contributed by atoms with Crippen LogP contribution in [0.2, 0.25) is 0 Å². The molecule has 1 aromatic carbocycles. The highest BCUT2D eigenvalue weighted by atomic mass is 35.5. The van der Waals surface area contributed by atoms with Gasteiger partial charge in [0.25, 0.3) is 0 Å². The van der Waals surface area contributed by atoms with Crippen molar-refractivity contribution in [3.8, 4) is 0 Å². The summed E-state index contributed by atoms with van der Waals surface area (Å²) in [6, 6.07) is 8.63. The van der Waals surface area contributed by atoms with Gasteiger partial charge in [0.2, 0.25) is 15.9 Å². The van der Waals surface area contributed by atoms with E-state index in [1.807, 2.05) is 11.8 Å². The van der Waals surface area contributed by atoms with Crippen molar-refractivity contribution < 1.29 is 13.2 Å². The Morgan fingerprint density at radius 1 is 1.11 bits per heavy atom. The molecule has 2 saturated heterocycles. The molecule has 1 aromatic rings. The number of sulfonamides is 1. The number of likely N-dealkylation sites (tertiary alicyclic amines) is 1. The molecule has 6 nitrogen and oxygen atoms in total. The van der Waals surface area contributed by atoms with Gasteiger partial charge >= 0.3 is 0 Å². The third-order valence-electron chi connectivity index (χ3n) is 5.71. The molecule has 27 heavy (non-hydrogen) atoms. The molecule has 0 radical (unpaired) electrons. The van der Waals surface area contributed by atoms with E-state index in [0.717, 1.165) is 38.8 Å². The summed E-state index contributed by atoms with van der Waals surface area (Å²) in [5, 5.41) is 0. The van der Waals surface area contributed by atoms with Crippen LogP contribution in [-0.4, -0.2) is 55.8 Å². The van der Waals surface area contributed by atoms with Gasteiger partial charge in [0.05, 0.1) is 10.8 Å². The molecule has 3 rings (SSSR count). The summed E-state index contributed by atoms with van der Waals surface area (Å²) < 4.78 is 27.1. The maximum absolute atomic E-state index is 12.9. The van der Waals surface area contributed by atoms with Gasteiger partial charge in [-0.05, 0) is 50.7 Å². The Balaban J connectivity index is 0.00000261. The zero-order chi connectivity index (χ0) is 18.7. The molecule has 8 heteroatoms. The van der Waals surface area contributed by atoms with Crippen molar-refractivity contribution in [2.75, 3.05) is 26.2 Å². The topological polar surface area (TPSA) is 83.7 Å². The first kappa shape index (κ1) is 22.1. The van der Waals surface area contributed by atoms with Gasteiger partial charge in [0.15, 0.2) is 0 Å². The zero-order valence-electron chi connectivity index (χ0n) is 15.8. The summed E-state index contributed by atoms with van der Waals surface area (Å²) >= 11 is 0. The predicted molar refractivity (Wildman–Crippen MR) is 108 cm³/mol. The fourth-order valence-corrected chi connectivity index (χ4v) is 5.55. The van der Waals surface area contributed by atoms with Gasteiger partial charge in [-0.1, -0.05) is 18.2 Å². The van der Waals surface area contributed by atoms with Gasteiger partial charge in [0, 0.05) is 32.2 Å². The standard InChI is InChI=1S/C19H29N3O3S.ClH/c1-15(20)16-9-12-21(13-10-16)19(23)17-6-5-11-22(14-17)26(24,25)18-7-3-2-4-8-18;/h2-4,7-8,15-17H,5-6,9-14,20H2,1H3;1H. The number of rotatable bonds is 4. The van der Waals surface area contributed by atoms with E-state index in [0.29, 0.717) is 17.4 Å². The fourth-order valence-electron chi connectivity index (χ4n) is 4.01. The minimum atomic E-state index is -3.53. The Hall–Kier alpha value is -1.15. The number of piperidine rings is 2. The van der Waals surface area contributed by atoms with E-state index >= 15 is 0 Å². The molecule has 152 valence electrons. The number of benzene rings is 1. The van der Waals surface area contributed by atoms with Crippen molar-refractivity contribution in [1.82, 2.24) is 9.21 Å². The number of carbonyl (C=O) groups is 1. The predicted octanol–water partition coefficient (Wildman–Crippen LogP) is 2.09. The minimum absolute atomic E-state index is 0. The first-order valence-corrected chi connectivity index (χ1v) is 10.9. The quantitative estimate of drug-likeness (QED) is 0.816. The second kappa shape index (κ2) is 9.37. The lowest BCUT2D eigenvalue weighted by molar-refractivity contribution is -0.138. The van der Waals surface area contributed by atoms with E-state index < -0.39 is 10.0 Å². The largest absolute Gasteiger partial charge is 0.342 e. The third-order valence-corrected chi connectivity index (χ3v) is 7.59. The fraction of sp³-hybridized carbons (Fsp3) is 0.632. The summed E-state index contributed by atoms with van der Waals surface area (Å²) in [4.78, 5) is 15.1.